The summed E-state index contributed by atoms with van der Waals surface area (Å²) < 4.78 is 27.6. The summed E-state index contributed by atoms with van der Waals surface area (Å²) >= 11 is 0. The monoisotopic (exact) mass is 338 g/mol. The van der Waals surface area contributed by atoms with Gasteiger partial charge in [-0.1, -0.05) is 26.0 Å². The fourth-order valence-corrected chi connectivity index (χ4v) is 4.06. The van der Waals surface area contributed by atoms with Crippen LogP contribution in [-0.4, -0.2) is 44.8 Å². The number of likely N-dealkylation sites (tertiary alicyclic amines) is 1. The Hall–Kier alpha value is -1.24. The summed E-state index contributed by atoms with van der Waals surface area (Å²) in [5.74, 6) is 0.312. The van der Waals surface area contributed by atoms with Crippen molar-refractivity contribution < 1.29 is 13.2 Å². The molecule has 1 unspecified atom stereocenters. The summed E-state index contributed by atoms with van der Waals surface area (Å²) in [6, 6.07) is 6.29. The highest BCUT2D eigenvalue weighted by Gasteiger charge is 2.26. The van der Waals surface area contributed by atoms with Crippen molar-refractivity contribution in [2.45, 2.75) is 44.6 Å². The summed E-state index contributed by atoms with van der Waals surface area (Å²) in [6.07, 6.45) is 2.37. The average molecular weight is 338 g/mol. The number of hydrogen-bond acceptors (Lipinski definition) is 4. The van der Waals surface area contributed by atoms with Crippen LogP contribution in [0.1, 0.15) is 44.0 Å². The molecule has 1 fully saturated rings. The van der Waals surface area contributed by atoms with Crippen LogP contribution in [0.3, 0.4) is 0 Å². The standard InChI is InChI=1S/C17H26N2O3S/c1-13(2)17(19-10-4-5-11-19)12-18-23(21,22)16-8-6-15(7-9-16)14(3)20/h6-9,13,17-18H,4-5,10-12H2,1-3H3. The van der Waals surface area contributed by atoms with Crippen LogP contribution >= 0.6 is 0 Å². The van der Waals surface area contributed by atoms with Crippen molar-refractivity contribution in [2.75, 3.05) is 19.6 Å². The maximum Gasteiger partial charge on any atom is 0.240 e. The van der Waals surface area contributed by atoms with Crippen LogP contribution in [-0.2, 0) is 10.0 Å². The quantitative estimate of drug-likeness (QED) is 0.775. The van der Waals surface area contributed by atoms with E-state index in [0.29, 0.717) is 18.0 Å². The molecule has 0 aliphatic carbocycles. The van der Waals surface area contributed by atoms with Gasteiger partial charge in [0.2, 0.25) is 10.0 Å². The Morgan fingerprint density at radius 1 is 1.17 bits per heavy atom. The Balaban J connectivity index is 2.06. The summed E-state index contributed by atoms with van der Waals surface area (Å²) in [5, 5.41) is 0. The van der Waals surface area contributed by atoms with Crippen molar-refractivity contribution in [3.63, 3.8) is 0 Å². The number of carbonyl (C=O) groups is 1. The molecule has 128 valence electrons. The van der Waals surface area contributed by atoms with Gasteiger partial charge in [0.15, 0.2) is 5.78 Å². The largest absolute Gasteiger partial charge is 0.299 e. The van der Waals surface area contributed by atoms with Crippen molar-refractivity contribution >= 4 is 15.8 Å². The highest BCUT2D eigenvalue weighted by molar-refractivity contribution is 7.89. The molecule has 0 amide bonds. The minimum Gasteiger partial charge on any atom is -0.299 e. The molecular formula is C17H26N2O3S. The predicted octanol–water partition coefficient (Wildman–Crippen LogP) is 2.29. The van der Waals surface area contributed by atoms with Gasteiger partial charge in [-0.05, 0) is 50.9 Å². The first-order valence-electron chi connectivity index (χ1n) is 8.16. The summed E-state index contributed by atoms with van der Waals surface area (Å²) in [4.78, 5) is 13.8. The fourth-order valence-electron chi connectivity index (χ4n) is 3.01. The second-order valence-electron chi connectivity index (χ2n) is 6.49. The second kappa shape index (κ2) is 7.55. The van der Waals surface area contributed by atoms with E-state index in [0.717, 1.165) is 13.1 Å². The van der Waals surface area contributed by atoms with Gasteiger partial charge in [-0.25, -0.2) is 13.1 Å². The van der Waals surface area contributed by atoms with E-state index in [2.05, 4.69) is 23.5 Å². The fraction of sp³-hybridized carbons (Fsp3) is 0.588. The lowest BCUT2D eigenvalue weighted by molar-refractivity contribution is 0.101. The first-order valence-corrected chi connectivity index (χ1v) is 9.64. The zero-order chi connectivity index (χ0) is 17.0. The van der Waals surface area contributed by atoms with Gasteiger partial charge in [-0.2, -0.15) is 0 Å². The first kappa shape index (κ1) is 18.1. The number of carbonyl (C=O) groups excluding carboxylic acids is 1. The van der Waals surface area contributed by atoms with Gasteiger partial charge in [0, 0.05) is 18.2 Å². The van der Waals surface area contributed by atoms with Crippen LogP contribution in [0.15, 0.2) is 29.2 Å². The Morgan fingerprint density at radius 2 is 1.74 bits per heavy atom. The highest BCUT2D eigenvalue weighted by atomic mass is 32.2. The lowest BCUT2D eigenvalue weighted by Crippen LogP contribution is -2.45. The Labute approximate surface area is 139 Å². The highest BCUT2D eigenvalue weighted by Crippen LogP contribution is 2.18. The molecule has 1 N–H and O–H groups in total. The average Bonchev–Trinajstić information content (AvgIpc) is 3.01. The van der Waals surface area contributed by atoms with Gasteiger partial charge in [0.25, 0.3) is 0 Å². The van der Waals surface area contributed by atoms with Gasteiger partial charge in [-0.3, -0.25) is 9.69 Å². The lowest BCUT2D eigenvalue weighted by Gasteiger charge is -2.30. The van der Waals surface area contributed by atoms with Crippen LogP contribution in [0.4, 0.5) is 0 Å². The maximum atomic E-state index is 12.4. The van der Waals surface area contributed by atoms with E-state index in [9.17, 15) is 13.2 Å². The third-order valence-electron chi connectivity index (χ3n) is 4.43. The summed E-state index contributed by atoms with van der Waals surface area (Å²) in [5.41, 5.74) is 0.515. The molecule has 2 rings (SSSR count). The third kappa shape index (κ3) is 4.62. The molecule has 1 atom stereocenters. The van der Waals surface area contributed by atoms with E-state index in [4.69, 9.17) is 0 Å². The molecule has 0 spiro atoms. The number of nitrogens with zero attached hydrogens (tertiary/aromatic N) is 1. The topological polar surface area (TPSA) is 66.5 Å². The summed E-state index contributed by atoms with van der Waals surface area (Å²) in [7, 11) is -3.55. The van der Waals surface area contributed by atoms with Crippen molar-refractivity contribution in [3.05, 3.63) is 29.8 Å². The number of nitrogens with one attached hydrogen (secondary N) is 1. The van der Waals surface area contributed by atoms with Crippen molar-refractivity contribution in [1.29, 1.82) is 0 Å². The smallest absolute Gasteiger partial charge is 0.240 e. The lowest BCUT2D eigenvalue weighted by atomic mass is 10.0. The zero-order valence-electron chi connectivity index (χ0n) is 14.1. The van der Waals surface area contributed by atoms with Crippen LogP contribution in [0.5, 0.6) is 0 Å². The summed E-state index contributed by atoms with van der Waals surface area (Å²) in [6.45, 7) is 8.20. The number of benzene rings is 1. The molecule has 0 saturated carbocycles. The van der Waals surface area contributed by atoms with E-state index in [1.165, 1.54) is 31.9 Å². The molecule has 1 saturated heterocycles. The van der Waals surface area contributed by atoms with Crippen molar-refractivity contribution in [1.82, 2.24) is 9.62 Å². The van der Waals surface area contributed by atoms with E-state index in [1.54, 1.807) is 12.1 Å². The number of sulfonamides is 1. The van der Waals surface area contributed by atoms with Crippen LogP contribution in [0.25, 0.3) is 0 Å². The molecule has 1 aromatic carbocycles. The second-order valence-corrected chi connectivity index (χ2v) is 8.25. The Morgan fingerprint density at radius 3 is 2.22 bits per heavy atom. The Kier molecular flexibility index (Phi) is 5.95. The minimum absolute atomic E-state index is 0.0733. The molecule has 1 heterocycles. The number of hydrogen-bond donors (Lipinski definition) is 1. The third-order valence-corrected chi connectivity index (χ3v) is 5.87. The van der Waals surface area contributed by atoms with E-state index >= 15 is 0 Å². The van der Waals surface area contributed by atoms with E-state index < -0.39 is 10.0 Å². The molecule has 0 bridgehead atoms. The van der Waals surface area contributed by atoms with Gasteiger partial charge < -0.3 is 0 Å². The van der Waals surface area contributed by atoms with Crippen molar-refractivity contribution in [2.24, 2.45) is 5.92 Å². The van der Waals surface area contributed by atoms with Crippen LogP contribution in [0.2, 0.25) is 0 Å². The van der Waals surface area contributed by atoms with Gasteiger partial charge in [0.1, 0.15) is 0 Å². The van der Waals surface area contributed by atoms with Crippen LogP contribution in [0, 0.1) is 5.92 Å². The van der Waals surface area contributed by atoms with E-state index in [1.807, 2.05) is 0 Å². The zero-order valence-corrected chi connectivity index (χ0v) is 14.9. The van der Waals surface area contributed by atoms with E-state index in [-0.39, 0.29) is 16.7 Å². The number of ketones is 1. The normalized spacial score (nSPS) is 17.6. The molecule has 1 aliphatic rings. The van der Waals surface area contributed by atoms with Gasteiger partial charge in [-0.15, -0.1) is 0 Å². The first-order chi connectivity index (χ1) is 10.8. The molecule has 0 radical (unpaired) electrons. The van der Waals surface area contributed by atoms with Gasteiger partial charge in [0.05, 0.1) is 4.90 Å². The maximum absolute atomic E-state index is 12.4. The predicted molar refractivity (Wildman–Crippen MR) is 91.1 cm³/mol. The van der Waals surface area contributed by atoms with Crippen molar-refractivity contribution in [3.8, 4) is 0 Å². The molecular weight excluding hydrogens is 312 g/mol. The van der Waals surface area contributed by atoms with Gasteiger partial charge >= 0.3 is 0 Å². The minimum atomic E-state index is -3.55. The molecule has 1 aromatic rings. The number of rotatable bonds is 7. The SMILES string of the molecule is CC(=O)c1ccc(S(=O)(=O)NCC(C(C)C)N2CCCC2)cc1. The van der Waals surface area contributed by atoms with Crippen LogP contribution < -0.4 is 4.72 Å². The number of Topliss-reactive ketones (excluding diaryl/α,β-unsaturated/α-hetero) is 1. The molecule has 0 aromatic heterocycles. The Bertz CT molecular complexity index is 632. The molecule has 6 heteroatoms. The molecule has 23 heavy (non-hydrogen) atoms. The molecule has 5 nitrogen and oxygen atoms in total. The molecule has 1 aliphatic heterocycles.